The second-order valence-corrected chi connectivity index (χ2v) is 4.78. The number of carboxylic acids is 1. The smallest absolute Gasteiger partial charge is 0.329 e. The van der Waals surface area contributed by atoms with Gasteiger partial charge in [-0.05, 0) is 24.3 Å². The summed E-state index contributed by atoms with van der Waals surface area (Å²) in [6.07, 6.45) is 1.72. The van der Waals surface area contributed by atoms with Gasteiger partial charge >= 0.3 is 5.97 Å². The fourth-order valence-electron chi connectivity index (χ4n) is 1.79. The van der Waals surface area contributed by atoms with Gasteiger partial charge in [0, 0.05) is 17.1 Å². The number of fused-ring (bicyclic) bond motifs is 1. The van der Waals surface area contributed by atoms with Crippen LogP contribution < -0.4 is 10.1 Å². The minimum absolute atomic E-state index is 0.134. The molecule has 0 radical (unpaired) electrons. The summed E-state index contributed by atoms with van der Waals surface area (Å²) in [5.74, 6) is -0.640. The lowest BCUT2D eigenvalue weighted by Crippen LogP contribution is -2.31. The van der Waals surface area contributed by atoms with Gasteiger partial charge in [0.1, 0.15) is 19.0 Å². The minimum atomic E-state index is -1.04. The van der Waals surface area contributed by atoms with Gasteiger partial charge in [0.15, 0.2) is 0 Å². The first-order valence-electron chi connectivity index (χ1n) is 6.27. The molecule has 0 atom stereocenters. The predicted molar refractivity (Wildman–Crippen MR) is 76.4 cm³/mol. The minimum Gasteiger partial charge on any atom is -0.488 e. The number of aliphatic carboxylic acids is 1. The Kier molecular flexibility index (Phi) is 5.19. The normalized spacial score (nSPS) is 12.9. The van der Waals surface area contributed by atoms with Crippen LogP contribution in [0.3, 0.4) is 0 Å². The summed E-state index contributed by atoms with van der Waals surface area (Å²) in [6.45, 7) is 0.157. The number of hydrogen-bond acceptors (Lipinski definition) is 4. The number of carboxylic acid groups (broad SMARTS) is 1. The van der Waals surface area contributed by atoms with Crippen LogP contribution in [0.4, 0.5) is 0 Å². The number of carbonyl (C=O) groups is 2. The van der Waals surface area contributed by atoms with E-state index in [9.17, 15) is 9.59 Å². The third-order valence-electron chi connectivity index (χ3n) is 2.73. The first-order valence-corrected chi connectivity index (χ1v) is 6.64. The summed E-state index contributed by atoms with van der Waals surface area (Å²) in [5, 5.41) is 11.6. The molecule has 0 spiro atoms. The Labute approximate surface area is 126 Å². The Bertz CT molecular complexity index is 585. The van der Waals surface area contributed by atoms with Crippen LogP contribution in [0, 0.1) is 0 Å². The number of amides is 1. The van der Waals surface area contributed by atoms with Crippen LogP contribution in [0.15, 0.2) is 23.8 Å². The summed E-state index contributed by atoms with van der Waals surface area (Å²) in [5.41, 5.74) is 1.23. The zero-order valence-electron chi connectivity index (χ0n) is 11.1. The summed E-state index contributed by atoms with van der Waals surface area (Å²) in [7, 11) is 0. The number of rotatable bonds is 6. The van der Waals surface area contributed by atoms with E-state index in [1.165, 1.54) is 0 Å². The van der Waals surface area contributed by atoms with E-state index in [-0.39, 0.29) is 32.3 Å². The fourth-order valence-corrected chi connectivity index (χ4v) is 1.97. The van der Waals surface area contributed by atoms with E-state index in [1.807, 2.05) is 0 Å². The second kappa shape index (κ2) is 7.10. The van der Waals surface area contributed by atoms with Crippen molar-refractivity contribution in [1.29, 1.82) is 0 Å². The van der Waals surface area contributed by atoms with E-state index in [2.05, 4.69) is 5.32 Å². The van der Waals surface area contributed by atoms with E-state index in [0.717, 1.165) is 5.56 Å². The summed E-state index contributed by atoms with van der Waals surface area (Å²) >= 11 is 5.90. The van der Waals surface area contributed by atoms with Crippen molar-refractivity contribution in [1.82, 2.24) is 5.32 Å². The molecule has 2 N–H and O–H groups in total. The van der Waals surface area contributed by atoms with Gasteiger partial charge in [-0.15, -0.1) is 0 Å². The van der Waals surface area contributed by atoms with Gasteiger partial charge in [-0.1, -0.05) is 11.6 Å². The Morgan fingerprint density at radius 3 is 3.00 bits per heavy atom. The molecule has 7 heteroatoms. The molecule has 21 heavy (non-hydrogen) atoms. The Balaban J connectivity index is 1.87. The number of nitrogens with one attached hydrogen (secondary N) is 1. The molecule has 0 unspecified atom stereocenters. The first-order chi connectivity index (χ1) is 10.1. The lowest BCUT2D eigenvalue weighted by atomic mass is 10.1. The van der Waals surface area contributed by atoms with Crippen molar-refractivity contribution in [2.75, 3.05) is 26.4 Å². The number of hydrogen-bond donors (Lipinski definition) is 2. The topological polar surface area (TPSA) is 84.9 Å². The molecule has 1 aliphatic heterocycles. The number of carbonyl (C=O) groups excluding carboxylic acids is 1. The second-order valence-electron chi connectivity index (χ2n) is 4.34. The third-order valence-corrected chi connectivity index (χ3v) is 2.97. The fraction of sp³-hybridized carbons (Fsp3) is 0.286. The lowest BCUT2D eigenvalue weighted by molar-refractivity contribution is -0.142. The number of halogens is 1. The number of benzene rings is 1. The highest BCUT2D eigenvalue weighted by Crippen LogP contribution is 2.28. The molecule has 0 aromatic heterocycles. The number of ether oxygens (including phenoxy) is 2. The molecule has 0 saturated heterocycles. The zero-order valence-corrected chi connectivity index (χ0v) is 11.9. The van der Waals surface area contributed by atoms with Crippen LogP contribution in [0.5, 0.6) is 5.75 Å². The Morgan fingerprint density at radius 2 is 2.24 bits per heavy atom. The van der Waals surface area contributed by atoms with Crippen molar-refractivity contribution in [3.05, 3.63) is 34.4 Å². The molecule has 2 rings (SSSR count). The van der Waals surface area contributed by atoms with Gasteiger partial charge in [-0.2, -0.15) is 0 Å². The van der Waals surface area contributed by atoms with E-state index in [1.54, 1.807) is 24.3 Å². The van der Waals surface area contributed by atoms with Crippen molar-refractivity contribution in [2.24, 2.45) is 0 Å². The molecule has 0 fully saturated rings. The Hall–Kier alpha value is -2.05. The van der Waals surface area contributed by atoms with Crippen LogP contribution >= 0.6 is 11.6 Å². The van der Waals surface area contributed by atoms with E-state index in [4.69, 9.17) is 26.2 Å². The van der Waals surface area contributed by atoms with E-state index >= 15 is 0 Å². The monoisotopic (exact) mass is 311 g/mol. The molecular weight excluding hydrogens is 298 g/mol. The van der Waals surface area contributed by atoms with Gasteiger partial charge < -0.3 is 19.9 Å². The standard InChI is InChI=1S/C14H14ClNO5/c15-11-1-2-12-9(6-11)5-10(7-21-12)14(19)16-3-4-20-8-13(17)18/h1-2,5-6H,3-4,7-8H2,(H,16,19)(H,17,18). The van der Waals surface area contributed by atoms with Crippen molar-refractivity contribution in [3.63, 3.8) is 0 Å². The quantitative estimate of drug-likeness (QED) is 0.774. The van der Waals surface area contributed by atoms with Crippen LogP contribution in [0.2, 0.25) is 5.02 Å². The molecule has 1 aromatic rings. The van der Waals surface area contributed by atoms with Crippen LogP contribution in [0.25, 0.3) is 6.08 Å². The van der Waals surface area contributed by atoms with E-state index in [0.29, 0.717) is 16.3 Å². The molecule has 0 saturated carbocycles. The van der Waals surface area contributed by atoms with Gasteiger partial charge in [0.25, 0.3) is 5.91 Å². The molecule has 1 heterocycles. The van der Waals surface area contributed by atoms with Crippen LogP contribution in [-0.4, -0.2) is 43.3 Å². The molecule has 112 valence electrons. The lowest BCUT2D eigenvalue weighted by Gasteiger charge is -2.17. The van der Waals surface area contributed by atoms with Crippen molar-refractivity contribution >= 4 is 29.6 Å². The molecule has 1 aliphatic rings. The van der Waals surface area contributed by atoms with E-state index < -0.39 is 5.97 Å². The Morgan fingerprint density at radius 1 is 1.43 bits per heavy atom. The first kappa shape index (κ1) is 15.3. The van der Waals surface area contributed by atoms with Gasteiger partial charge in [-0.3, -0.25) is 4.79 Å². The van der Waals surface area contributed by atoms with Gasteiger partial charge in [0.2, 0.25) is 0 Å². The van der Waals surface area contributed by atoms with Crippen LogP contribution in [0.1, 0.15) is 5.56 Å². The summed E-state index contributed by atoms with van der Waals surface area (Å²) in [4.78, 5) is 22.2. The SMILES string of the molecule is O=C(O)COCCNC(=O)C1=Cc2cc(Cl)ccc2OC1. The average molecular weight is 312 g/mol. The van der Waals surface area contributed by atoms with Crippen LogP contribution in [-0.2, 0) is 14.3 Å². The molecular formula is C14H14ClNO5. The molecule has 6 nitrogen and oxygen atoms in total. The van der Waals surface area contributed by atoms with Gasteiger partial charge in [-0.25, -0.2) is 4.79 Å². The highest BCUT2D eigenvalue weighted by atomic mass is 35.5. The highest BCUT2D eigenvalue weighted by molar-refractivity contribution is 6.30. The average Bonchev–Trinajstić information content (AvgIpc) is 2.45. The zero-order chi connectivity index (χ0) is 15.2. The van der Waals surface area contributed by atoms with Gasteiger partial charge in [0.05, 0.1) is 12.2 Å². The maximum absolute atomic E-state index is 11.9. The largest absolute Gasteiger partial charge is 0.488 e. The van der Waals surface area contributed by atoms with Crippen molar-refractivity contribution in [2.45, 2.75) is 0 Å². The molecule has 1 amide bonds. The summed E-state index contributed by atoms with van der Waals surface area (Å²) < 4.78 is 10.3. The maximum Gasteiger partial charge on any atom is 0.329 e. The predicted octanol–water partition coefficient (Wildman–Crippen LogP) is 1.33. The molecule has 1 aromatic carbocycles. The summed E-state index contributed by atoms with van der Waals surface area (Å²) in [6, 6.07) is 5.20. The highest BCUT2D eigenvalue weighted by Gasteiger charge is 2.17. The maximum atomic E-state index is 11.9. The van der Waals surface area contributed by atoms with Crippen molar-refractivity contribution < 1.29 is 24.2 Å². The third kappa shape index (κ3) is 4.47. The molecule has 0 aliphatic carbocycles. The van der Waals surface area contributed by atoms with Crippen molar-refractivity contribution in [3.8, 4) is 5.75 Å². The molecule has 0 bridgehead atoms.